The number of aromatic amines is 2. The quantitative estimate of drug-likeness (QED) is 0.181. The highest BCUT2D eigenvalue weighted by molar-refractivity contribution is 6.44. The maximum absolute atomic E-state index is 14.5. The molecule has 0 unspecified atom stereocenters. The largest absolute Gasteiger partial charge is 0.494 e. The van der Waals surface area contributed by atoms with E-state index in [0.717, 1.165) is 27.4 Å². The van der Waals surface area contributed by atoms with E-state index in [2.05, 4.69) is 63.6 Å². The summed E-state index contributed by atoms with van der Waals surface area (Å²) in [5.41, 5.74) is 2.81. The van der Waals surface area contributed by atoms with E-state index in [1.54, 1.807) is 0 Å². The molecule has 0 amide bonds. The van der Waals surface area contributed by atoms with Gasteiger partial charge in [-0.2, -0.15) is 0 Å². The molecule has 0 spiro atoms. The Balaban J connectivity index is 1.75. The zero-order valence-corrected chi connectivity index (χ0v) is 26.4. The lowest BCUT2D eigenvalue weighted by Crippen LogP contribution is -2.24. The van der Waals surface area contributed by atoms with Crippen LogP contribution in [0.4, 0.5) is 0 Å². The van der Waals surface area contributed by atoms with Crippen LogP contribution in [0, 0.1) is 0 Å². The number of hydrogen-bond acceptors (Lipinski definition) is 5. The second-order valence-corrected chi connectivity index (χ2v) is 14.5. The monoisotopic (exact) mass is 598 g/mol. The molecular formula is C37H34N4O4. The van der Waals surface area contributed by atoms with Crippen molar-refractivity contribution in [1.29, 1.82) is 0 Å². The number of hydrogen-bond donors (Lipinski definition) is 3. The molecule has 0 saturated carbocycles. The van der Waals surface area contributed by atoms with Crippen LogP contribution in [0.25, 0.3) is 75.9 Å². The number of pyridine rings is 2. The number of aromatic hydroxyl groups is 1. The van der Waals surface area contributed by atoms with E-state index in [1.165, 1.54) is 4.57 Å². The molecule has 0 aliphatic heterocycles. The predicted molar refractivity (Wildman–Crippen MR) is 184 cm³/mol. The second kappa shape index (κ2) is 8.59. The van der Waals surface area contributed by atoms with Gasteiger partial charge in [0.25, 0.3) is 16.7 Å². The van der Waals surface area contributed by atoms with E-state index in [4.69, 9.17) is 4.98 Å². The molecule has 8 nitrogen and oxygen atoms in total. The molecule has 8 heteroatoms. The van der Waals surface area contributed by atoms with Gasteiger partial charge in [-0.3, -0.25) is 23.9 Å². The lowest BCUT2D eigenvalue weighted by atomic mass is 9.86. The number of nitrogens with one attached hydrogen (secondary N) is 2. The molecule has 0 fully saturated rings. The van der Waals surface area contributed by atoms with Crippen molar-refractivity contribution >= 4 is 75.9 Å². The molecule has 0 atom stereocenters. The summed E-state index contributed by atoms with van der Waals surface area (Å²) in [6, 6.07) is 12.2. The predicted octanol–water partition coefficient (Wildman–Crippen LogP) is 7.28. The molecule has 0 bridgehead atoms. The summed E-state index contributed by atoms with van der Waals surface area (Å²) in [7, 11) is 0. The van der Waals surface area contributed by atoms with Gasteiger partial charge in [-0.15, -0.1) is 0 Å². The topological polar surface area (TPSA) is 121 Å². The second-order valence-electron chi connectivity index (χ2n) is 14.5. The van der Waals surface area contributed by atoms with Crippen molar-refractivity contribution in [1.82, 2.24) is 19.5 Å². The first kappa shape index (κ1) is 27.6. The molecule has 8 aromatic rings. The number of aromatic nitrogens is 4. The average Bonchev–Trinajstić information content (AvgIpc) is 3.53. The lowest BCUT2D eigenvalue weighted by molar-refractivity contribution is 0.413. The fourth-order valence-electron chi connectivity index (χ4n) is 7.31. The first-order valence-corrected chi connectivity index (χ1v) is 15.5. The van der Waals surface area contributed by atoms with Crippen molar-refractivity contribution < 1.29 is 5.11 Å². The van der Waals surface area contributed by atoms with Gasteiger partial charge in [-0.05, 0) is 40.5 Å². The minimum Gasteiger partial charge on any atom is -0.494 e. The Labute approximate surface area is 257 Å². The van der Waals surface area contributed by atoms with Crippen molar-refractivity contribution in [3.63, 3.8) is 0 Å². The van der Waals surface area contributed by atoms with Crippen molar-refractivity contribution in [2.24, 2.45) is 0 Å². The molecule has 4 aromatic heterocycles. The Kier molecular flexibility index (Phi) is 5.26. The fourth-order valence-corrected chi connectivity index (χ4v) is 7.31. The molecule has 0 aliphatic carbocycles. The normalized spacial score (nSPS) is 13.3. The van der Waals surface area contributed by atoms with Crippen LogP contribution in [-0.4, -0.2) is 24.6 Å². The fraction of sp³-hybridized carbons (Fsp3) is 0.297. The van der Waals surface area contributed by atoms with Gasteiger partial charge in [0.1, 0.15) is 0 Å². The standard InChI is InChI=1S/C37H34N4O4/c1-8-13-41-34(44)26-22-18-11-9-16(36(2,3)4)14-20(18)38-30(22)28-25-24(26)27(35(41)45)23-19-12-10-17(37(5,6)7)15-21(19)39-31(23)29(25)33(43)40-32(28)42/h9-12,14-15,38,45H,8,13H2,1-7H3,(H,40,42,43). The van der Waals surface area contributed by atoms with Gasteiger partial charge in [-0.25, -0.2) is 4.98 Å². The zero-order chi connectivity index (χ0) is 31.9. The first-order valence-electron chi connectivity index (χ1n) is 15.5. The maximum Gasteiger partial charge on any atom is 0.261 e. The van der Waals surface area contributed by atoms with Crippen LogP contribution in [0.3, 0.4) is 0 Å². The zero-order valence-electron chi connectivity index (χ0n) is 26.4. The molecule has 4 aromatic carbocycles. The molecule has 3 N–H and O–H groups in total. The average molecular weight is 599 g/mol. The van der Waals surface area contributed by atoms with E-state index >= 15 is 0 Å². The molecule has 226 valence electrons. The third-order valence-electron chi connectivity index (χ3n) is 9.57. The number of fused-ring (bicyclic) bond motifs is 10. The minimum atomic E-state index is -0.567. The lowest BCUT2D eigenvalue weighted by Gasteiger charge is -2.19. The van der Waals surface area contributed by atoms with Crippen LogP contribution in [-0.2, 0) is 17.4 Å². The van der Waals surface area contributed by atoms with Gasteiger partial charge in [-0.1, -0.05) is 72.7 Å². The van der Waals surface area contributed by atoms with Gasteiger partial charge in [0.2, 0.25) is 5.88 Å². The maximum atomic E-state index is 14.5. The third-order valence-corrected chi connectivity index (χ3v) is 9.57. The van der Waals surface area contributed by atoms with Crippen molar-refractivity contribution in [2.45, 2.75) is 72.3 Å². The van der Waals surface area contributed by atoms with Crippen LogP contribution in [0.5, 0.6) is 5.88 Å². The molecule has 45 heavy (non-hydrogen) atoms. The van der Waals surface area contributed by atoms with Crippen molar-refractivity contribution in [2.75, 3.05) is 0 Å². The Hall–Kier alpha value is -4.98. The van der Waals surface area contributed by atoms with Crippen LogP contribution >= 0.6 is 0 Å². The van der Waals surface area contributed by atoms with E-state index in [9.17, 15) is 19.5 Å². The SMILES string of the molecule is CCCn1c(O)c2c3c4ccc(C(C)(C)C)cc4nc3c3c(=O)[nH]c(=O)c4c5[nH]c6cc(C(C)(C)C)ccc6c5c(c1=O)c2c34. The van der Waals surface area contributed by atoms with Crippen LogP contribution in [0.2, 0.25) is 0 Å². The molecule has 8 rings (SSSR count). The number of benzene rings is 4. The highest BCUT2D eigenvalue weighted by Gasteiger charge is 2.30. The summed E-state index contributed by atoms with van der Waals surface area (Å²) < 4.78 is 1.42. The Morgan fingerprint density at radius 3 is 2.00 bits per heavy atom. The van der Waals surface area contributed by atoms with Crippen LogP contribution in [0.1, 0.15) is 66.0 Å². The van der Waals surface area contributed by atoms with E-state index in [0.29, 0.717) is 61.8 Å². The van der Waals surface area contributed by atoms with E-state index in [1.807, 2.05) is 31.2 Å². The summed E-state index contributed by atoms with van der Waals surface area (Å²) in [6.07, 6.45) is 0.620. The summed E-state index contributed by atoms with van der Waals surface area (Å²) in [6.45, 7) is 15.0. The van der Waals surface area contributed by atoms with Gasteiger partial charge >= 0.3 is 0 Å². The molecule has 0 radical (unpaired) electrons. The van der Waals surface area contributed by atoms with Crippen molar-refractivity contribution in [3.05, 3.63) is 78.6 Å². The van der Waals surface area contributed by atoms with Gasteiger partial charge < -0.3 is 10.1 Å². The Morgan fingerprint density at radius 1 is 0.711 bits per heavy atom. The smallest absolute Gasteiger partial charge is 0.261 e. The highest BCUT2D eigenvalue weighted by Crippen LogP contribution is 2.48. The molecular weight excluding hydrogens is 564 g/mol. The Morgan fingerprint density at radius 2 is 1.33 bits per heavy atom. The van der Waals surface area contributed by atoms with E-state index in [-0.39, 0.29) is 33.0 Å². The number of H-pyrrole nitrogens is 2. The summed E-state index contributed by atoms with van der Waals surface area (Å²) >= 11 is 0. The molecule has 0 aliphatic rings. The van der Waals surface area contributed by atoms with Crippen LogP contribution in [0.15, 0.2) is 50.8 Å². The van der Waals surface area contributed by atoms with Crippen molar-refractivity contribution in [3.8, 4) is 5.88 Å². The highest BCUT2D eigenvalue weighted by atomic mass is 16.3. The Bertz CT molecular complexity index is 2720. The minimum absolute atomic E-state index is 0.125. The third kappa shape index (κ3) is 3.48. The molecule has 4 heterocycles. The van der Waals surface area contributed by atoms with E-state index < -0.39 is 11.1 Å². The van der Waals surface area contributed by atoms with Crippen LogP contribution < -0.4 is 16.7 Å². The van der Waals surface area contributed by atoms with Gasteiger partial charge in [0.05, 0.1) is 38.1 Å². The first-order chi connectivity index (χ1) is 21.2. The summed E-state index contributed by atoms with van der Waals surface area (Å²) in [4.78, 5) is 53.1. The number of rotatable bonds is 2. The summed E-state index contributed by atoms with van der Waals surface area (Å²) in [5, 5.41) is 16.9. The number of nitrogens with zero attached hydrogens (tertiary/aromatic N) is 2. The van der Waals surface area contributed by atoms with Gasteiger partial charge in [0, 0.05) is 44.4 Å². The van der Waals surface area contributed by atoms with Gasteiger partial charge in [0.15, 0.2) is 0 Å². The molecule has 0 saturated heterocycles. The summed E-state index contributed by atoms with van der Waals surface area (Å²) in [5.74, 6) is -0.182.